The Morgan fingerprint density at radius 1 is 1.19 bits per heavy atom. The first-order chi connectivity index (χ1) is 7.65. The first-order valence-electron chi connectivity index (χ1n) is 5.78. The summed E-state index contributed by atoms with van der Waals surface area (Å²) >= 11 is 0. The van der Waals surface area contributed by atoms with Crippen molar-refractivity contribution >= 4 is 10.8 Å². The smallest absolute Gasteiger partial charge is 0.258 e. The minimum Gasteiger partial charge on any atom is -0.312 e. The molecule has 2 aromatic rings. The van der Waals surface area contributed by atoms with Gasteiger partial charge >= 0.3 is 0 Å². The summed E-state index contributed by atoms with van der Waals surface area (Å²) in [6, 6.07) is 8.22. The number of fused-ring (bicyclic) bond motifs is 1. The van der Waals surface area contributed by atoms with Crippen molar-refractivity contribution in [3.8, 4) is 0 Å². The number of aromatic nitrogens is 1. The highest BCUT2D eigenvalue weighted by Gasteiger charge is 2.06. The molecule has 16 heavy (non-hydrogen) atoms. The van der Waals surface area contributed by atoms with Crippen molar-refractivity contribution in [2.45, 2.75) is 33.2 Å². The van der Waals surface area contributed by atoms with E-state index in [4.69, 9.17) is 0 Å². The van der Waals surface area contributed by atoms with Crippen LogP contribution in [-0.2, 0) is 6.42 Å². The second-order valence-electron chi connectivity index (χ2n) is 4.35. The number of hydrogen-bond acceptors (Lipinski definition) is 1. The number of hydrogen-bond donors (Lipinski definition) is 0. The molecule has 0 amide bonds. The van der Waals surface area contributed by atoms with E-state index in [2.05, 4.69) is 19.1 Å². The molecule has 0 N–H and O–H groups in total. The van der Waals surface area contributed by atoms with Crippen molar-refractivity contribution in [2.24, 2.45) is 0 Å². The Labute approximate surface area is 95.5 Å². The molecule has 1 aromatic heterocycles. The lowest BCUT2D eigenvalue weighted by molar-refractivity contribution is 0.582. The molecule has 0 saturated heterocycles. The second-order valence-corrected chi connectivity index (χ2v) is 4.35. The predicted octanol–water partition coefficient (Wildman–Crippen LogP) is 3.14. The van der Waals surface area contributed by atoms with Gasteiger partial charge in [0.1, 0.15) is 0 Å². The van der Waals surface area contributed by atoms with E-state index in [1.807, 2.05) is 32.2 Å². The van der Waals surface area contributed by atoms with Gasteiger partial charge in [-0.3, -0.25) is 4.79 Å². The molecule has 1 heterocycles. The van der Waals surface area contributed by atoms with Gasteiger partial charge in [0.25, 0.3) is 5.56 Å². The van der Waals surface area contributed by atoms with E-state index in [9.17, 15) is 4.79 Å². The minimum atomic E-state index is 0.114. The molecule has 0 unspecified atom stereocenters. The lowest BCUT2D eigenvalue weighted by Crippen LogP contribution is -2.21. The van der Waals surface area contributed by atoms with Gasteiger partial charge in [-0.25, -0.2) is 0 Å². The normalized spacial score (nSPS) is 11.2. The quantitative estimate of drug-likeness (QED) is 0.754. The lowest BCUT2D eigenvalue weighted by atomic mass is 10.0. The maximum absolute atomic E-state index is 12.2. The van der Waals surface area contributed by atoms with Crippen LogP contribution in [0.4, 0.5) is 0 Å². The van der Waals surface area contributed by atoms with Crippen LogP contribution in [0.1, 0.15) is 32.4 Å². The summed E-state index contributed by atoms with van der Waals surface area (Å²) in [4.78, 5) is 12.2. The van der Waals surface area contributed by atoms with Crippen LogP contribution in [0.5, 0.6) is 0 Å². The third kappa shape index (κ3) is 1.64. The number of benzene rings is 1. The van der Waals surface area contributed by atoms with Crippen LogP contribution < -0.4 is 5.56 Å². The first kappa shape index (κ1) is 10.9. The molecule has 84 valence electrons. The molecular formula is C14H17NO. The van der Waals surface area contributed by atoms with Gasteiger partial charge in [-0.2, -0.15) is 0 Å². The summed E-state index contributed by atoms with van der Waals surface area (Å²) in [5, 5.41) is 1.92. The standard InChI is InChI=1S/C14H17NO/c1-4-11-6-5-7-13-12(11)8-9-15(10(2)3)14(13)16/h5-10H,4H2,1-3H3. The molecule has 0 bridgehead atoms. The minimum absolute atomic E-state index is 0.114. The van der Waals surface area contributed by atoms with E-state index in [1.54, 1.807) is 4.57 Å². The van der Waals surface area contributed by atoms with Crippen LogP contribution in [0.3, 0.4) is 0 Å². The van der Waals surface area contributed by atoms with E-state index >= 15 is 0 Å². The van der Waals surface area contributed by atoms with Crippen LogP contribution in [0, 0.1) is 0 Å². The first-order valence-corrected chi connectivity index (χ1v) is 5.78. The van der Waals surface area contributed by atoms with Crippen LogP contribution >= 0.6 is 0 Å². The van der Waals surface area contributed by atoms with Gasteiger partial charge in [0.2, 0.25) is 0 Å². The number of pyridine rings is 1. The predicted molar refractivity (Wildman–Crippen MR) is 68.0 cm³/mol. The number of nitrogens with zero attached hydrogens (tertiary/aromatic N) is 1. The second kappa shape index (κ2) is 4.12. The summed E-state index contributed by atoms with van der Waals surface area (Å²) in [5.41, 5.74) is 1.35. The summed E-state index contributed by atoms with van der Waals surface area (Å²) < 4.78 is 1.78. The van der Waals surface area contributed by atoms with Crippen LogP contribution in [0.15, 0.2) is 35.3 Å². The van der Waals surface area contributed by atoms with Crippen LogP contribution in [0.25, 0.3) is 10.8 Å². The lowest BCUT2D eigenvalue weighted by Gasteiger charge is -2.11. The topological polar surface area (TPSA) is 22.0 Å². The average Bonchev–Trinajstić information content (AvgIpc) is 2.28. The largest absolute Gasteiger partial charge is 0.312 e. The maximum atomic E-state index is 12.2. The Bertz CT molecular complexity index is 566. The van der Waals surface area contributed by atoms with E-state index in [1.165, 1.54) is 5.56 Å². The molecule has 2 nitrogen and oxygen atoms in total. The molecule has 0 fully saturated rings. The SMILES string of the molecule is CCc1cccc2c(=O)n(C(C)C)ccc12. The van der Waals surface area contributed by atoms with E-state index in [0.717, 1.165) is 17.2 Å². The Hall–Kier alpha value is -1.57. The Kier molecular flexibility index (Phi) is 2.82. The van der Waals surface area contributed by atoms with Crippen LogP contribution in [0.2, 0.25) is 0 Å². The van der Waals surface area contributed by atoms with Gasteiger partial charge in [0.05, 0.1) is 0 Å². The van der Waals surface area contributed by atoms with Gasteiger partial charge in [-0.1, -0.05) is 19.1 Å². The fourth-order valence-electron chi connectivity index (χ4n) is 2.07. The molecule has 0 spiro atoms. The van der Waals surface area contributed by atoms with Crippen LogP contribution in [-0.4, -0.2) is 4.57 Å². The molecule has 0 aliphatic rings. The summed E-state index contributed by atoms with van der Waals surface area (Å²) in [5.74, 6) is 0. The van der Waals surface area contributed by atoms with Crippen molar-refractivity contribution in [1.82, 2.24) is 4.57 Å². The Morgan fingerprint density at radius 2 is 1.94 bits per heavy atom. The van der Waals surface area contributed by atoms with Gasteiger partial charge in [0.15, 0.2) is 0 Å². The molecule has 1 aromatic carbocycles. The van der Waals surface area contributed by atoms with Crippen molar-refractivity contribution in [2.75, 3.05) is 0 Å². The average molecular weight is 215 g/mol. The van der Waals surface area contributed by atoms with E-state index in [0.29, 0.717) is 0 Å². The highest BCUT2D eigenvalue weighted by molar-refractivity contribution is 5.84. The fourth-order valence-corrected chi connectivity index (χ4v) is 2.07. The highest BCUT2D eigenvalue weighted by atomic mass is 16.1. The third-order valence-corrected chi connectivity index (χ3v) is 3.00. The zero-order chi connectivity index (χ0) is 11.7. The van der Waals surface area contributed by atoms with Gasteiger partial charge < -0.3 is 4.57 Å². The summed E-state index contributed by atoms with van der Waals surface area (Å²) in [7, 11) is 0. The van der Waals surface area contributed by atoms with Gasteiger partial charge in [-0.05, 0) is 43.4 Å². The summed E-state index contributed by atoms with van der Waals surface area (Å²) in [6.07, 6.45) is 2.86. The molecule has 0 aliphatic heterocycles. The van der Waals surface area contributed by atoms with Crippen molar-refractivity contribution in [3.05, 3.63) is 46.4 Å². The molecular weight excluding hydrogens is 198 g/mol. The molecule has 0 radical (unpaired) electrons. The summed E-state index contributed by atoms with van der Waals surface area (Å²) in [6.45, 7) is 6.16. The number of rotatable bonds is 2. The van der Waals surface area contributed by atoms with Gasteiger partial charge in [0, 0.05) is 17.6 Å². The van der Waals surface area contributed by atoms with Crippen molar-refractivity contribution < 1.29 is 0 Å². The third-order valence-electron chi connectivity index (χ3n) is 3.00. The zero-order valence-electron chi connectivity index (χ0n) is 10.0. The fraction of sp³-hybridized carbons (Fsp3) is 0.357. The molecule has 2 heteroatoms. The van der Waals surface area contributed by atoms with E-state index < -0.39 is 0 Å². The Morgan fingerprint density at radius 3 is 2.56 bits per heavy atom. The zero-order valence-corrected chi connectivity index (χ0v) is 10.0. The van der Waals surface area contributed by atoms with Gasteiger partial charge in [-0.15, -0.1) is 0 Å². The molecule has 0 saturated carbocycles. The Balaban J connectivity index is 2.82. The molecule has 0 atom stereocenters. The number of aryl methyl sites for hydroxylation is 1. The molecule has 2 rings (SSSR count). The monoisotopic (exact) mass is 215 g/mol. The molecule has 0 aliphatic carbocycles. The van der Waals surface area contributed by atoms with E-state index in [-0.39, 0.29) is 11.6 Å². The maximum Gasteiger partial charge on any atom is 0.258 e. The highest BCUT2D eigenvalue weighted by Crippen LogP contribution is 2.16. The van der Waals surface area contributed by atoms with Crippen molar-refractivity contribution in [1.29, 1.82) is 0 Å². The van der Waals surface area contributed by atoms with Crippen molar-refractivity contribution in [3.63, 3.8) is 0 Å².